The van der Waals surface area contributed by atoms with Gasteiger partial charge in [-0.15, -0.1) is 0 Å². The maximum Gasteiger partial charge on any atom is 0.234 e. The fraction of sp³-hybridized carbons (Fsp3) is 0.600. The highest BCUT2D eigenvalue weighted by molar-refractivity contribution is 7.93. The molecule has 1 aliphatic carbocycles. The van der Waals surface area contributed by atoms with Gasteiger partial charge in [-0.05, 0) is 31.8 Å². The molecule has 1 atom stereocenters. The van der Waals surface area contributed by atoms with Crippen LogP contribution in [0.3, 0.4) is 0 Å². The third-order valence-electron chi connectivity index (χ3n) is 2.46. The second kappa shape index (κ2) is 4.28. The predicted octanol–water partition coefficient (Wildman–Crippen LogP) is 1.93. The first kappa shape index (κ1) is 11.5. The highest BCUT2D eigenvalue weighted by Gasteiger charge is 2.24. The quantitative estimate of drug-likeness (QED) is 0.782. The number of allylic oxidation sites excluding steroid dienone is 4. The topological polar surface area (TPSA) is 60.2 Å². The van der Waals surface area contributed by atoms with Gasteiger partial charge >= 0.3 is 0 Å². The molecular formula is C10H17NO2S. The van der Waals surface area contributed by atoms with E-state index >= 15 is 0 Å². The maximum absolute atomic E-state index is 11.3. The van der Waals surface area contributed by atoms with Crippen molar-refractivity contribution in [1.82, 2.24) is 0 Å². The zero-order valence-electron chi connectivity index (χ0n) is 8.66. The molecule has 0 spiro atoms. The molecule has 80 valence electrons. The molecule has 0 heterocycles. The van der Waals surface area contributed by atoms with Crippen molar-refractivity contribution in [1.29, 1.82) is 0 Å². The minimum atomic E-state index is -3.51. The molecule has 0 aromatic carbocycles. The van der Waals surface area contributed by atoms with Crippen LogP contribution >= 0.6 is 0 Å². The molecule has 0 aliphatic heterocycles. The van der Waals surface area contributed by atoms with Crippen LogP contribution in [0.2, 0.25) is 0 Å². The van der Waals surface area contributed by atoms with Gasteiger partial charge in [-0.3, -0.25) is 0 Å². The second-order valence-electron chi connectivity index (χ2n) is 3.76. The Kier molecular flexibility index (Phi) is 3.50. The van der Waals surface area contributed by atoms with E-state index in [1.165, 1.54) is 0 Å². The molecule has 0 saturated heterocycles. The van der Waals surface area contributed by atoms with Gasteiger partial charge in [0.15, 0.2) is 0 Å². The summed E-state index contributed by atoms with van der Waals surface area (Å²) in [5, 5.41) is 5.17. The molecule has 2 N–H and O–H groups in total. The molecule has 14 heavy (non-hydrogen) atoms. The first-order valence-electron chi connectivity index (χ1n) is 4.86. The van der Waals surface area contributed by atoms with Crippen LogP contribution in [0.4, 0.5) is 0 Å². The fourth-order valence-corrected chi connectivity index (χ4v) is 2.80. The second-order valence-corrected chi connectivity index (χ2v) is 5.32. The van der Waals surface area contributed by atoms with E-state index < -0.39 is 10.0 Å². The Morgan fingerprint density at radius 1 is 1.57 bits per heavy atom. The lowest BCUT2D eigenvalue weighted by atomic mass is 9.93. The van der Waals surface area contributed by atoms with Crippen LogP contribution in [0.5, 0.6) is 0 Å². The molecule has 4 heteroatoms. The maximum atomic E-state index is 11.3. The predicted molar refractivity (Wildman–Crippen MR) is 58.0 cm³/mol. The molecule has 1 unspecified atom stereocenters. The first-order chi connectivity index (χ1) is 6.45. The minimum Gasteiger partial charge on any atom is -0.225 e. The normalized spacial score (nSPS) is 22.9. The lowest BCUT2D eigenvalue weighted by Gasteiger charge is -2.20. The van der Waals surface area contributed by atoms with E-state index in [0.29, 0.717) is 4.91 Å². The zero-order chi connectivity index (χ0) is 10.8. The number of rotatable bonds is 3. The van der Waals surface area contributed by atoms with Crippen molar-refractivity contribution in [2.24, 2.45) is 11.1 Å². The third-order valence-corrected chi connectivity index (χ3v) is 3.57. The number of hydrogen-bond donors (Lipinski definition) is 1. The van der Waals surface area contributed by atoms with Crippen LogP contribution in [0.15, 0.2) is 22.6 Å². The van der Waals surface area contributed by atoms with Crippen molar-refractivity contribution in [3.8, 4) is 0 Å². The van der Waals surface area contributed by atoms with E-state index in [9.17, 15) is 8.42 Å². The molecule has 0 aromatic heterocycles. The van der Waals surface area contributed by atoms with Crippen molar-refractivity contribution < 1.29 is 8.42 Å². The number of hydrogen-bond acceptors (Lipinski definition) is 2. The van der Waals surface area contributed by atoms with Gasteiger partial charge in [-0.25, -0.2) is 13.6 Å². The molecule has 1 aliphatic rings. The van der Waals surface area contributed by atoms with Gasteiger partial charge in [0.2, 0.25) is 10.0 Å². The average Bonchev–Trinajstić information content (AvgIpc) is 2.07. The smallest absolute Gasteiger partial charge is 0.225 e. The fourth-order valence-electron chi connectivity index (χ4n) is 1.77. The van der Waals surface area contributed by atoms with Gasteiger partial charge in [0, 0.05) is 0 Å². The minimum absolute atomic E-state index is 0.0821. The van der Waals surface area contributed by atoms with E-state index in [2.05, 4.69) is 6.08 Å². The molecule has 0 saturated carbocycles. The summed E-state index contributed by atoms with van der Waals surface area (Å²) in [6.45, 7) is 3.94. The lowest BCUT2D eigenvalue weighted by molar-refractivity contribution is 0.549. The number of sulfonamides is 1. The Morgan fingerprint density at radius 3 is 2.71 bits per heavy atom. The van der Waals surface area contributed by atoms with E-state index in [1.807, 2.05) is 13.8 Å². The van der Waals surface area contributed by atoms with Crippen molar-refractivity contribution in [3.05, 3.63) is 22.6 Å². The van der Waals surface area contributed by atoms with Gasteiger partial charge in [0.05, 0.1) is 4.91 Å². The molecule has 0 amide bonds. The summed E-state index contributed by atoms with van der Waals surface area (Å²) in [6.07, 6.45) is 6.41. The van der Waals surface area contributed by atoms with Gasteiger partial charge in [0.1, 0.15) is 0 Å². The van der Waals surface area contributed by atoms with Crippen molar-refractivity contribution >= 4 is 10.0 Å². The summed E-state index contributed by atoms with van der Waals surface area (Å²) in [7, 11) is -3.51. The standard InChI is InChI=1S/C10H17NO2S/c1-3-4-9-6-5-8(2)7-10(9)14(11,12)13/h5,7,9H,3-4,6H2,1-2H3,(H2,11,12,13). The van der Waals surface area contributed by atoms with Crippen molar-refractivity contribution in [2.45, 2.75) is 33.1 Å². The summed E-state index contributed by atoms with van der Waals surface area (Å²) < 4.78 is 22.6. The SMILES string of the molecule is CCCC1CC=C(C)C=C1S(N)(=O)=O. The van der Waals surface area contributed by atoms with E-state index in [4.69, 9.17) is 5.14 Å². The number of primary sulfonamides is 1. The Morgan fingerprint density at radius 2 is 2.21 bits per heavy atom. The summed E-state index contributed by atoms with van der Waals surface area (Å²) in [5.41, 5.74) is 0.987. The Hall–Kier alpha value is -0.610. The summed E-state index contributed by atoms with van der Waals surface area (Å²) in [4.78, 5) is 0.402. The van der Waals surface area contributed by atoms with E-state index in [-0.39, 0.29) is 5.92 Å². The van der Waals surface area contributed by atoms with Crippen molar-refractivity contribution in [2.75, 3.05) is 0 Å². The van der Waals surface area contributed by atoms with E-state index in [1.54, 1.807) is 6.08 Å². The van der Waals surface area contributed by atoms with Crippen LogP contribution in [0, 0.1) is 5.92 Å². The third kappa shape index (κ3) is 2.69. The van der Waals surface area contributed by atoms with E-state index in [0.717, 1.165) is 24.8 Å². The largest absolute Gasteiger partial charge is 0.234 e. The van der Waals surface area contributed by atoms with Crippen LogP contribution in [0.25, 0.3) is 0 Å². The van der Waals surface area contributed by atoms with Gasteiger partial charge in [-0.1, -0.05) is 25.0 Å². The molecule has 0 bridgehead atoms. The highest BCUT2D eigenvalue weighted by atomic mass is 32.2. The summed E-state index contributed by atoms with van der Waals surface area (Å²) in [5.74, 6) is 0.0821. The van der Waals surface area contributed by atoms with Crippen molar-refractivity contribution in [3.63, 3.8) is 0 Å². The molecule has 0 fully saturated rings. The first-order valence-corrected chi connectivity index (χ1v) is 6.41. The summed E-state index contributed by atoms with van der Waals surface area (Å²) in [6, 6.07) is 0. The Labute approximate surface area is 85.7 Å². The Balaban J connectivity index is 3.00. The highest BCUT2D eigenvalue weighted by Crippen LogP contribution is 2.29. The molecule has 0 aromatic rings. The lowest BCUT2D eigenvalue weighted by Crippen LogP contribution is -2.22. The molecule has 0 radical (unpaired) electrons. The van der Waals surface area contributed by atoms with Crippen LogP contribution in [-0.4, -0.2) is 8.42 Å². The Bertz CT molecular complexity index is 366. The summed E-state index contributed by atoms with van der Waals surface area (Å²) >= 11 is 0. The average molecular weight is 215 g/mol. The molecule has 3 nitrogen and oxygen atoms in total. The van der Waals surface area contributed by atoms with Crippen LogP contribution < -0.4 is 5.14 Å². The van der Waals surface area contributed by atoms with Gasteiger partial charge < -0.3 is 0 Å². The van der Waals surface area contributed by atoms with Crippen LogP contribution in [0.1, 0.15) is 33.1 Å². The zero-order valence-corrected chi connectivity index (χ0v) is 9.47. The number of nitrogens with two attached hydrogens (primary N) is 1. The monoisotopic (exact) mass is 215 g/mol. The molecule has 1 rings (SSSR count). The van der Waals surface area contributed by atoms with Crippen LogP contribution in [-0.2, 0) is 10.0 Å². The van der Waals surface area contributed by atoms with Gasteiger partial charge in [0.25, 0.3) is 0 Å². The molecular weight excluding hydrogens is 198 g/mol. The van der Waals surface area contributed by atoms with Gasteiger partial charge in [-0.2, -0.15) is 0 Å².